The van der Waals surface area contributed by atoms with Crippen LogP contribution in [0.5, 0.6) is 0 Å². The molecular formula is C14H20N2OS. The summed E-state index contributed by atoms with van der Waals surface area (Å²) in [4.78, 5) is 2.26. The Morgan fingerprint density at radius 1 is 1.39 bits per heavy atom. The lowest BCUT2D eigenvalue weighted by Crippen LogP contribution is -2.31. The first kappa shape index (κ1) is 13.5. The molecule has 0 radical (unpaired) electrons. The number of para-hydroxylation sites is 1. The Balaban J connectivity index is 2.20. The van der Waals surface area contributed by atoms with Crippen LogP contribution in [0.2, 0.25) is 0 Å². The van der Waals surface area contributed by atoms with Crippen molar-refractivity contribution in [3.63, 3.8) is 0 Å². The summed E-state index contributed by atoms with van der Waals surface area (Å²) in [7, 11) is 2.10. The third-order valence-corrected chi connectivity index (χ3v) is 3.77. The van der Waals surface area contributed by atoms with E-state index in [0.717, 1.165) is 29.0 Å². The molecule has 0 aliphatic carbocycles. The molecule has 0 saturated carbocycles. The van der Waals surface area contributed by atoms with Gasteiger partial charge in [-0.2, -0.15) is 11.8 Å². The van der Waals surface area contributed by atoms with Crippen molar-refractivity contribution in [1.82, 2.24) is 4.90 Å². The van der Waals surface area contributed by atoms with Crippen molar-refractivity contribution in [2.24, 2.45) is 5.73 Å². The van der Waals surface area contributed by atoms with Crippen molar-refractivity contribution in [3.05, 3.63) is 36.1 Å². The van der Waals surface area contributed by atoms with E-state index >= 15 is 0 Å². The number of thioether (sulfide) groups is 1. The average molecular weight is 264 g/mol. The lowest BCUT2D eigenvalue weighted by atomic mass is 10.2. The zero-order valence-corrected chi connectivity index (χ0v) is 11.7. The topological polar surface area (TPSA) is 42.4 Å². The molecule has 0 aliphatic rings. The van der Waals surface area contributed by atoms with Crippen molar-refractivity contribution < 1.29 is 4.42 Å². The molecule has 0 bridgehead atoms. The van der Waals surface area contributed by atoms with Gasteiger partial charge in [-0.05, 0) is 25.4 Å². The Labute approximate surface area is 112 Å². The second kappa shape index (κ2) is 6.27. The summed E-state index contributed by atoms with van der Waals surface area (Å²) < 4.78 is 5.89. The van der Waals surface area contributed by atoms with Gasteiger partial charge >= 0.3 is 0 Å². The molecule has 0 spiro atoms. The number of rotatable bonds is 6. The van der Waals surface area contributed by atoms with E-state index < -0.39 is 0 Å². The second-order valence-electron chi connectivity index (χ2n) is 4.41. The van der Waals surface area contributed by atoms with Gasteiger partial charge in [0, 0.05) is 24.2 Å². The zero-order valence-electron chi connectivity index (χ0n) is 10.9. The van der Waals surface area contributed by atoms with Gasteiger partial charge in [0.05, 0.1) is 6.04 Å². The van der Waals surface area contributed by atoms with E-state index in [1.165, 1.54) is 0 Å². The van der Waals surface area contributed by atoms with Crippen LogP contribution in [-0.4, -0.2) is 37.0 Å². The fourth-order valence-corrected chi connectivity index (χ4v) is 2.54. The van der Waals surface area contributed by atoms with Gasteiger partial charge in [0.2, 0.25) is 0 Å². The van der Waals surface area contributed by atoms with Crippen LogP contribution in [-0.2, 0) is 0 Å². The van der Waals surface area contributed by atoms with Crippen LogP contribution in [0.4, 0.5) is 0 Å². The van der Waals surface area contributed by atoms with E-state index in [1.54, 1.807) is 0 Å². The maximum Gasteiger partial charge on any atom is 0.134 e. The van der Waals surface area contributed by atoms with Crippen LogP contribution in [0, 0.1) is 0 Å². The zero-order chi connectivity index (χ0) is 13.0. The molecule has 2 rings (SSSR count). The van der Waals surface area contributed by atoms with Crippen LogP contribution in [0.15, 0.2) is 34.7 Å². The molecule has 2 aromatic rings. The van der Waals surface area contributed by atoms with E-state index in [2.05, 4.69) is 30.3 Å². The summed E-state index contributed by atoms with van der Waals surface area (Å²) >= 11 is 1.84. The van der Waals surface area contributed by atoms with Gasteiger partial charge in [0.15, 0.2) is 0 Å². The first-order valence-electron chi connectivity index (χ1n) is 6.14. The highest BCUT2D eigenvalue weighted by Crippen LogP contribution is 2.26. The van der Waals surface area contributed by atoms with Gasteiger partial charge in [0.1, 0.15) is 11.3 Å². The Morgan fingerprint density at radius 3 is 2.83 bits per heavy atom. The molecule has 3 nitrogen and oxygen atoms in total. The van der Waals surface area contributed by atoms with Crippen LogP contribution in [0.3, 0.4) is 0 Å². The number of benzene rings is 1. The summed E-state index contributed by atoms with van der Waals surface area (Å²) in [6.07, 6.45) is 2.12. The number of fused-ring (bicyclic) bond motifs is 1. The van der Waals surface area contributed by atoms with Crippen LogP contribution < -0.4 is 5.73 Å². The molecule has 0 saturated heterocycles. The Morgan fingerprint density at radius 2 is 2.17 bits per heavy atom. The number of furan rings is 1. The number of nitrogens with two attached hydrogens (primary N) is 1. The maximum atomic E-state index is 5.89. The second-order valence-corrected chi connectivity index (χ2v) is 5.40. The summed E-state index contributed by atoms with van der Waals surface area (Å²) in [5.41, 5.74) is 6.83. The van der Waals surface area contributed by atoms with Gasteiger partial charge in [-0.3, -0.25) is 4.90 Å². The van der Waals surface area contributed by atoms with Gasteiger partial charge in [-0.15, -0.1) is 0 Å². The van der Waals surface area contributed by atoms with E-state index in [0.29, 0.717) is 6.54 Å². The van der Waals surface area contributed by atoms with E-state index in [1.807, 2.05) is 30.0 Å². The van der Waals surface area contributed by atoms with Crippen LogP contribution in [0.1, 0.15) is 11.8 Å². The van der Waals surface area contributed by atoms with Gasteiger partial charge in [-0.25, -0.2) is 0 Å². The molecule has 2 N–H and O–H groups in total. The quantitative estimate of drug-likeness (QED) is 0.871. The first-order chi connectivity index (χ1) is 8.76. The highest BCUT2D eigenvalue weighted by atomic mass is 32.2. The summed E-state index contributed by atoms with van der Waals surface area (Å²) in [5, 5.41) is 1.14. The molecule has 18 heavy (non-hydrogen) atoms. The molecule has 1 unspecified atom stereocenters. The summed E-state index contributed by atoms with van der Waals surface area (Å²) in [6, 6.07) is 10.3. The lowest BCUT2D eigenvalue weighted by molar-refractivity contribution is 0.236. The monoisotopic (exact) mass is 264 g/mol. The third-order valence-electron chi connectivity index (χ3n) is 3.18. The number of likely N-dealkylation sites (N-methyl/N-ethyl adjacent to an activating group) is 1. The minimum Gasteiger partial charge on any atom is -0.459 e. The molecule has 0 fully saturated rings. The Kier molecular flexibility index (Phi) is 4.69. The van der Waals surface area contributed by atoms with Crippen molar-refractivity contribution in [2.45, 2.75) is 6.04 Å². The summed E-state index contributed by atoms with van der Waals surface area (Å²) in [5.74, 6) is 2.06. The molecule has 1 aromatic carbocycles. The fourth-order valence-electron chi connectivity index (χ4n) is 2.07. The predicted octanol–water partition coefficient (Wildman–Crippen LogP) is 2.73. The van der Waals surface area contributed by atoms with Crippen molar-refractivity contribution >= 4 is 22.7 Å². The third kappa shape index (κ3) is 2.88. The van der Waals surface area contributed by atoms with Crippen molar-refractivity contribution in [3.8, 4) is 0 Å². The van der Waals surface area contributed by atoms with Gasteiger partial charge < -0.3 is 10.2 Å². The van der Waals surface area contributed by atoms with Crippen molar-refractivity contribution in [2.75, 3.05) is 32.1 Å². The fraction of sp³-hybridized carbons (Fsp3) is 0.429. The van der Waals surface area contributed by atoms with Crippen molar-refractivity contribution in [1.29, 1.82) is 0 Å². The average Bonchev–Trinajstić information content (AvgIpc) is 2.80. The normalized spacial score (nSPS) is 13.3. The Hall–Kier alpha value is -0.970. The smallest absolute Gasteiger partial charge is 0.134 e. The molecule has 98 valence electrons. The number of hydrogen-bond donors (Lipinski definition) is 1. The SMILES string of the molecule is CSCCN(C)C(CN)c1cc2ccccc2o1. The molecule has 0 aliphatic heterocycles. The molecule has 0 amide bonds. The molecule has 1 heterocycles. The van der Waals surface area contributed by atoms with Gasteiger partial charge in [0.25, 0.3) is 0 Å². The minimum atomic E-state index is 0.157. The largest absolute Gasteiger partial charge is 0.459 e. The molecule has 1 atom stereocenters. The minimum absolute atomic E-state index is 0.157. The van der Waals surface area contributed by atoms with Gasteiger partial charge in [-0.1, -0.05) is 18.2 Å². The van der Waals surface area contributed by atoms with Crippen LogP contribution in [0.25, 0.3) is 11.0 Å². The van der Waals surface area contributed by atoms with E-state index in [9.17, 15) is 0 Å². The molecule has 4 heteroatoms. The van der Waals surface area contributed by atoms with Crippen LogP contribution >= 0.6 is 11.8 Å². The number of hydrogen-bond acceptors (Lipinski definition) is 4. The first-order valence-corrected chi connectivity index (χ1v) is 7.53. The van der Waals surface area contributed by atoms with E-state index in [-0.39, 0.29) is 6.04 Å². The predicted molar refractivity (Wildman–Crippen MR) is 79.0 cm³/mol. The lowest BCUT2D eigenvalue weighted by Gasteiger charge is -2.24. The highest BCUT2D eigenvalue weighted by molar-refractivity contribution is 7.98. The molecular weight excluding hydrogens is 244 g/mol. The molecule has 1 aromatic heterocycles. The standard InChI is InChI=1S/C14H20N2OS/c1-16(7-8-18-2)12(10-15)14-9-11-5-3-4-6-13(11)17-14/h3-6,9,12H,7-8,10,15H2,1-2H3. The Bertz CT molecular complexity index is 464. The number of nitrogens with zero attached hydrogens (tertiary/aromatic N) is 1. The highest BCUT2D eigenvalue weighted by Gasteiger charge is 2.19. The maximum absolute atomic E-state index is 5.89. The van der Waals surface area contributed by atoms with E-state index in [4.69, 9.17) is 10.2 Å². The summed E-state index contributed by atoms with van der Waals surface area (Å²) in [6.45, 7) is 1.59.